The van der Waals surface area contributed by atoms with Gasteiger partial charge < -0.3 is 15.0 Å². The summed E-state index contributed by atoms with van der Waals surface area (Å²) >= 11 is 6.33. The second-order valence-corrected chi connectivity index (χ2v) is 7.86. The Morgan fingerprint density at radius 1 is 1.07 bits per heavy atom. The highest BCUT2D eigenvalue weighted by Gasteiger charge is 2.29. The van der Waals surface area contributed by atoms with E-state index in [1.807, 2.05) is 70.2 Å². The molecular formula is C24H31ClN2O3. The average molecular weight is 431 g/mol. The molecule has 0 aromatic heterocycles. The van der Waals surface area contributed by atoms with Gasteiger partial charge in [-0.05, 0) is 50.5 Å². The molecule has 2 unspecified atom stereocenters. The van der Waals surface area contributed by atoms with Crippen LogP contribution in [0.2, 0.25) is 5.02 Å². The van der Waals surface area contributed by atoms with E-state index < -0.39 is 6.04 Å². The van der Waals surface area contributed by atoms with Crippen molar-refractivity contribution in [3.8, 4) is 5.75 Å². The first kappa shape index (κ1) is 23.7. The molecule has 162 valence electrons. The van der Waals surface area contributed by atoms with Gasteiger partial charge in [0.05, 0.1) is 0 Å². The third kappa shape index (κ3) is 6.77. The van der Waals surface area contributed by atoms with Crippen LogP contribution in [0.1, 0.15) is 44.7 Å². The summed E-state index contributed by atoms with van der Waals surface area (Å²) < 4.78 is 5.69. The van der Waals surface area contributed by atoms with Gasteiger partial charge in [-0.1, -0.05) is 61.3 Å². The Balaban J connectivity index is 2.21. The number of amides is 2. The monoisotopic (exact) mass is 430 g/mol. The predicted octanol–water partition coefficient (Wildman–Crippen LogP) is 4.75. The van der Waals surface area contributed by atoms with Crippen LogP contribution in [0, 0.1) is 6.92 Å². The van der Waals surface area contributed by atoms with Crippen molar-refractivity contribution in [1.82, 2.24) is 10.2 Å². The SMILES string of the molecule is CCC(C)NC(=O)C(CC)N(Cc1ccccc1Cl)C(=O)COc1ccc(C)cc1. The highest BCUT2D eigenvalue weighted by atomic mass is 35.5. The summed E-state index contributed by atoms with van der Waals surface area (Å²) in [5.74, 6) is 0.188. The average Bonchev–Trinajstić information content (AvgIpc) is 2.74. The lowest BCUT2D eigenvalue weighted by Gasteiger charge is -2.31. The number of hydrogen-bond donors (Lipinski definition) is 1. The minimum Gasteiger partial charge on any atom is -0.484 e. The number of ether oxygens (including phenoxy) is 1. The molecule has 0 heterocycles. The summed E-state index contributed by atoms with van der Waals surface area (Å²) in [4.78, 5) is 27.6. The van der Waals surface area contributed by atoms with E-state index in [9.17, 15) is 9.59 Å². The van der Waals surface area contributed by atoms with E-state index >= 15 is 0 Å². The fourth-order valence-corrected chi connectivity index (χ4v) is 3.23. The van der Waals surface area contributed by atoms with Gasteiger partial charge in [-0.3, -0.25) is 9.59 Å². The summed E-state index contributed by atoms with van der Waals surface area (Å²) in [5, 5.41) is 3.55. The molecule has 0 aliphatic heterocycles. The molecule has 1 N–H and O–H groups in total. The van der Waals surface area contributed by atoms with Crippen LogP contribution in [0.4, 0.5) is 0 Å². The number of carbonyl (C=O) groups excluding carboxylic acids is 2. The maximum Gasteiger partial charge on any atom is 0.261 e. The maximum absolute atomic E-state index is 13.1. The molecule has 2 amide bonds. The van der Waals surface area contributed by atoms with Crippen molar-refractivity contribution >= 4 is 23.4 Å². The number of carbonyl (C=O) groups is 2. The highest BCUT2D eigenvalue weighted by Crippen LogP contribution is 2.20. The van der Waals surface area contributed by atoms with Crippen molar-refractivity contribution in [2.24, 2.45) is 0 Å². The number of nitrogens with one attached hydrogen (secondary N) is 1. The topological polar surface area (TPSA) is 58.6 Å². The molecule has 0 aliphatic rings. The van der Waals surface area contributed by atoms with Crippen LogP contribution in [0.25, 0.3) is 0 Å². The zero-order valence-corrected chi connectivity index (χ0v) is 18.9. The molecule has 0 aliphatic carbocycles. The number of aryl methyl sites for hydroxylation is 1. The third-order valence-electron chi connectivity index (χ3n) is 5.07. The second kappa shape index (κ2) is 11.6. The summed E-state index contributed by atoms with van der Waals surface area (Å²) in [7, 11) is 0. The lowest BCUT2D eigenvalue weighted by atomic mass is 10.1. The quantitative estimate of drug-likeness (QED) is 0.591. The normalized spacial score (nSPS) is 12.7. The number of benzene rings is 2. The van der Waals surface area contributed by atoms with Crippen LogP contribution in [-0.2, 0) is 16.1 Å². The molecule has 0 spiro atoms. The van der Waals surface area contributed by atoms with Crippen molar-refractivity contribution < 1.29 is 14.3 Å². The van der Waals surface area contributed by atoms with Crippen molar-refractivity contribution in [2.75, 3.05) is 6.61 Å². The molecule has 30 heavy (non-hydrogen) atoms. The van der Waals surface area contributed by atoms with E-state index in [1.54, 1.807) is 11.0 Å². The molecule has 0 fully saturated rings. The van der Waals surface area contributed by atoms with Crippen molar-refractivity contribution in [2.45, 2.75) is 59.2 Å². The van der Waals surface area contributed by atoms with E-state index in [4.69, 9.17) is 16.3 Å². The predicted molar refractivity (Wildman–Crippen MR) is 121 cm³/mol. The van der Waals surface area contributed by atoms with Gasteiger partial charge in [-0.25, -0.2) is 0 Å². The van der Waals surface area contributed by atoms with E-state index in [1.165, 1.54) is 0 Å². The van der Waals surface area contributed by atoms with Gasteiger partial charge in [0.1, 0.15) is 11.8 Å². The summed E-state index contributed by atoms with van der Waals surface area (Å²) in [6.45, 7) is 7.93. The van der Waals surface area contributed by atoms with Crippen LogP contribution >= 0.6 is 11.6 Å². The second-order valence-electron chi connectivity index (χ2n) is 7.46. The lowest BCUT2D eigenvalue weighted by Crippen LogP contribution is -2.51. The smallest absolute Gasteiger partial charge is 0.261 e. The van der Waals surface area contributed by atoms with Gasteiger partial charge in [-0.2, -0.15) is 0 Å². The molecule has 2 aromatic carbocycles. The zero-order chi connectivity index (χ0) is 22.1. The molecule has 6 heteroatoms. The number of rotatable bonds is 10. The Bertz CT molecular complexity index is 839. The van der Waals surface area contributed by atoms with Gasteiger partial charge in [-0.15, -0.1) is 0 Å². The summed E-state index contributed by atoms with van der Waals surface area (Å²) in [5.41, 5.74) is 1.90. The van der Waals surface area contributed by atoms with Gasteiger partial charge in [0.25, 0.3) is 5.91 Å². The fraction of sp³-hybridized carbons (Fsp3) is 0.417. The van der Waals surface area contributed by atoms with Gasteiger partial charge in [0.2, 0.25) is 5.91 Å². The van der Waals surface area contributed by atoms with Crippen molar-refractivity contribution in [3.05, 3.63) is 64.7 Å². The van der Waals surface area contributed by atoms with Crippen molar-refractivity contribution in [1.29, 1.82) is 0 Å². The first-order chi connectivity index (χ1) is 14.3. The molecule has 0 bridgehead atoms. The summed E-state index contributed by atoms with van der Waals surface area (Å²) in [6, 6.07) is 14.3. The highest BCUT2D eigenvalue weighted by molar-refractivity contribution is 6.31. The van der Waals surface area contributed by atoms with Gasteiger partial charge in [0, 0.05) is 17.6 Å². The minimum absolute atomic E-state index is 0.0348. The first-order valence-electron chi connectivity index (χ1n) is 10.4. The molecule has 2 atom stereocenters. The minimum atomic E-state index is -0.607. The van der Waals surface area contributed by atoms with Crippen LogP contribution in [-0.4, -0.2) is 35.4 Å². The van der Waals surface area contributed by atoms with E-state index in [2.05, 4.69) is 5.32 Å². The third-order valence-corrected chi connectivity index (χ3v) is 5.44. The van der Waals surface area contributed by atoms with Gasteiger partial charge >= 0.3 is 0 Å². The Labute approximate surface area is 184 Å². The Kier molecular flexibility index (Phi) is 9.18. The van der Waals surface area contributed by atoms with E-state index in [-0.39, 0.29) is 31.0 Å². The fourth-order valence-electron chi connectivity index (χ4n) is 3.03. The van der Waals surface area contributed by atoms with Crippen LogP contribution in [0.15, 0.2) is 48.5 Å². The standard InChI is InChI=1S/C24H31ClN2O3/c1-5-18(4)26-24(29)22(6-2)27(15-19-9-7-8-10-21(19)25)23(28)16-30-20-13-11-17(3)12-14-20/h7-14,18,22H,5-6,15-16H2,1-4H3,(H,26,29). The molecular weight excluding hydrogens is 400 g/mol. The first-order valence-corrected chi connectivity index (χ1v) is 10.8. The van der Waals surface area contributed by atoms with Crippen LogP contribution in [0.3, 0.4) is 0 Å². The summed E-state index contributed by atoms with van der Waals surface area (Å²) in [6.07, 6.45) is 1.31. The van der Waals surface area contributed by atoms with E-state index in [0.717, 1.165) is 17.5 Å². The molecule has 2 aromatic rings. The molecule has 0 saturated carbocycles. The Hall–Kier alpha value is -2.53. The molecule has 2 rings (SSSR count). The Morgan fingerprint density at radius 2 is 1.73 bits per heavy atom. The maximum atomic E-state index is 13.1. The van der Waals surface area contributed by atoms with Gasteiger partial charge in [0.15, 0.2) is 6.61 Å². The number of hydrogen-bond acceptors (Lipinski definition) is 3. The Morgan fingerprint density at radius 3 is 2.33 bits per heavy atom. The van der Waals surface area contributed by atoms with Crippen LogP contribution < -0.4 is 10.1 Å². The zero-order valence-electron chi connectivity index (χ0n) is 18.2. The lowest BCUT2D eigenvalue weighted by molar-refractivity contribution is -0.143. The number of halogens is 1. The molecule has 5 nitrogen and oxygen atoms in total. The molecule has 0 radical (unpaired) electrons. The molecule has 0 saturated heterocycles. The van der Waals surface area contributed by atoms with Crippen molar-refractivity contribution in [3.63, 3.8) is 0 Å². The number of nitrogens with zero attached hydrogens (tertiary/aromatic N) is 1. The van der Waals surface area contributed by atoms with E-state index in [0.29, 0.717) is 17.2 Å². The largest absolute Gasteiger partial charge is 0.484 e. The van der Waals surface area contributed by atoms with Crippen LogP contribution in [0.5, 0.6) is 5.75 Å².